The Balaban J connectivity index is 1.10. The zero-order valence-corrected chi connectivity index (χ0v) is 26.5. The van der Waals surface area contributed by atoms with Gasteiger partial charge in [0.25, 0.3) is 5.91 Å². The summed E-state index contributed by atoms with van der Waals surface area (Å²) in [6.45, 7) is 8.71. The van der Waals surface area contributed by atoms with Gasteiger partial charge in [-0.15, -0.1) is 0 Å². The minimum absolute atomic E-state index is 0.0286. The fourth-order valence-corrected chi connectivity index (χ4v) is 6.04. The summed E-state index contributed by atoms with van der Waals surface area (Å²) in [6, 6.07) is 17.1. The molecule has 2 N–H and O–H groups in total. The molecule has 2 aliphatic heterocycles. The highest BCUT2D eigenvalue weighted by molar-refractivity contribution is 6.00. The number of hydrogen-bond donors (Lipinski definition) is 2. The Labute approximate surface area is 264 Å². The van der Waals surface area contributed by atoms with Crippen molar-refractivity contribution in [2.45, 2.75) is 38.8 Å². The first-order chi connectivity index (χ1) is 21.8. The van der Waals surface area contributed by atoms with E-state index in [9.17, 15) is 9.59 Å². The molecule has 0 atom stereocenters. The number of carbonyl (C=O) groups excluding carboxylic acids is 2. The molecule has 2 aromatic heterocycles. The summed E-state index contributed by atoms with van der Waals surface area (Å²) in [5, 5.41) is 6.78. The van der Waals surface area contributed by atoms with E-state index in [0.29, 0.717) is 42.0 Å². The molecule has 2 saturated heterocycles. The van der Waals surface area contributed by atoms with Crippen molar-refractivity contribution in [1.82, 2.24) is 24.3 Å². The number of nitrogens with one attached hydrogen (secondary N) is 2. The topological polar surface area (TPSA) is 108 Å². The monoisotopic (exact) mass is 610 g/mol. The van der Waals surface area contributed by atoms with E-state index in [1.807, 2.05) is 29.2 Å². The maximum Gasteiger partial charge on any atom is 0.323 e. The Morgan fingerprint density at radius 3 is 2.09 bits per heavy atom. The lowest BCUT2D eigenvalue weighted by Crippen LogP contribution is -2.44. The van der Waals surface area contributed by atoms with Gasteiger partial charge in [-0.3, -0.25) is 4.79 Å². The molecule has 0 radical (unpaired) electrons. The van der Waals surface area contributed by atoms with E-state index in [4.69, 9.17) is 14.7 Å². The van der Waals surface area contributed by atoms with Crippen molar-refractivity contribution in [2.75, 3.05) is 69.0 Å². The van der Waals surface area contributed by atoms with E-state index in [2.05, 4.69) is 65.2 Å². The molecular weight excluding hydrogens is 568 g/mol. The Morgan fingerprint density at radius 2 is 1.49 bits per heavy atom. The SMILES string of the molecule is CC(C)n1ccc2c(N3CCOCC3)nc(-c3ccc(NC(=O)Nc4ccc(C(=O)N5CCC(N(C)C)CC5)cc4)cc3)nc21. The fourth-order valence-electron chi connectivity index (χ4n) is 6.04. The van der Waals surface area contributed by atoms with Crippen LogP contribution in [0.1, 0.15) is 43.1 Å². The van der Waals surface area contributed by atoms with Gasteiger partial charge in [0.15, 0.2) is 5.82 Å². The minimum Gasteiger partial charge on any atom is -0.378 e. The van der Waals surface area contributed by atoms with Gasteiger partial charge in [0.1, 0.15) is 11.5 Å². The third-order valence-electron chi connectivity index (χ3n) is 8.69. The second kappa shape index (κ2) is 13.3. The first-order valence-corrected chi connectivity index (χ1v) is 15.7. The summed E-state index contributed by atoms with van der Waals surface area (Å²) < 4.78 is 7.74. The summed E-state index contributed by atoms with van der Waals surface area (Å²) in [6.07, 6.45) is 4.02. The van der Waals surface area contributed by atoms with Crippen molar-refractivity contribution in [3.63, 3.8) is 0 Å². The van der Waals surface area contributed by atoms with Gasteiger partial charge in [0.05, 0.1) is 18.6 Å². The number of anilines is 3. The quantitative estimate of drug-likeness (QED) is 0.291. The molecular formula is C34H42N8O3. The van der Waals surface area contributed by atoms with E-state index in [1.54, 1.807) is 24.3 Å². The Morgan fingerprint density at radius 1 is 0.867 bits per heavy atom. The second-order valence-electron chi connectivity index (χ2n) is 12.2. The van der Waals surface area contributed by atoms with Gasteiger partial charge in [-0.2, -0.15) is 0 Å². The van der Waals surface area contributed by atoms with E-state index in [-0.39, 0.29) is 18.0 Å². The molecule has 0 aliphatic carbocycles. The number of nitrogens with zero attached hydrogens (tertiary/aromatic N) is 6. The number of piperidine rings is 1. The molecule has 0 unspecified atom stereocenters. The summed E-state index contributed by atoms with van der Waals surface area (Å²) in [4.78, 5) is 42.1. The standard InChI is InChI=1S/C34H42N8O3/c1-23(2)42-18-15-29-31(40-19-21-45-22-20-40)37-30(38-32(29)42)24-5-9-26(10-6-24)35-34(44)36-27-11-7-25(8-12-27)33(43)41-16-13-28(14-17-41)39(3)4/h5-12,15,18,23,28H,13-14,16-17,19-22H2,1-4H3,(H2,35,36,44). The van der Waals surface area contributed by atoms with Gasteiger partial charge in [-0.25, -0.2) is 14.8 Å². The van der Waals surface area contributed by atoms with Gasteiger partial charge in [-0.05, 0) is 95.4 Å². The summed E-state index contributed by atoms with van der Waals surface area (Å²) >= 11 is 0. The fraction of sp³-hybridized carbons (Fsp3) is 0.412. The van der Waals surface area contributed by atoms with Crippen molar-refractivity contribution >= 4 is 40.2 Å². The largest absolute Gasteiger partial charge is 0.378 e. The molecule has 6 rings (SSSR count). The van der Waals surface area contributed by atoms with Crippen LogP contribution in [-0.2, 0) is 4.74 Å². The molecule has 4 aromatic rings. The number of rotatable bonds is 7. The van der Waals surface area contributed by atoms with Crippen LogP contribution >= 0.6 is 0 Å². The molecule has 2 aliphatic rings. The van der Waals surface area contributed by atoms with Crippen LogP contribution in [0.2, 0.25) is 0 Å². The van der Waals surface area contributed by atoms with Crippen LogP contribution in [0.4, 0.5) is 22.0 Å². The molecule has 11 nitrogen and oxygen atoms in total. The minimum atomic E-state index is -0.366. The van der Waals surface area contributed by atoms with Crippen molar-refractivity contribution in [2.24, 2.45) is 0 Å². The normalized spacial score (nSPS) is 16.0. The first-order valence-electron chi connectivity index (χ1n) is 15.7. The number of likely N-dealkylation sites (tertiary alicyclic amines) is 1. The number of aromatic nitrogens is 3. The zero-order valence-electron chi connectivity index (χ0n) is 26.5. The Hall–Kier alpha value is -4.48. The average Bonchev–Trinajstić information content (AvgIpc) is 3.50. The van der Waals surface area contributed by atoms with E-state index >= 15 is 0 Å². The summed E-state index contributed by atoms with van der Waals surface area (Å²) in [5.41, 5.74) is 3.64. The highest BCUT2D eigenvalue weighted by Crippen LogP contribution is 2.31. The number of urea groups is 1. The predicted molar refractivity (Wildman–Crippen MR) is 178 cm³/mol. The van der Waals surface area contributed by atoms with Gasteiger partial charge in [0.2, 0.25) is 0 Å². The Kier molecular flexibility index (Phi) is 8.99. The molecule has 2 aromatic carbocycles. The van der Waals surface area contributed by atoms with Crippen molar-refractivity contribution in [1.29, 1.82) is 0 Å². The predicted octanol–water partition coefficient (Wildman–Crippen LogP) is 5.33. The van der Waals surface area contributed by atoms with Crippen LogP contribution < -0.4 is 15.5 Å². The molecule has 0 saturated carbocycles. The third kappa shape index (κ3) is 6.79. The average molecular weight is 611 g/mol. The zero-order chi connectivity index (χ0) is 31.5. The lowest BCUT2D eigenvalue weighted by atomic mass is 10.0. The molecule has 0 bridgehead atoms. The van der Waals surface area contributed by atoms with Gasteiger partial charge in [-0.1, -0.05) is 0 Å². The number of morpholine rings is 1. The van der Waals surface area contributed by atoms with Crippen LogP contribution in [-0.4, -0.2) is 95.8 Å². The number of fused-ring (bicyclic) bond motifs is 1. The van der Waals surface area contributed by atoms with E-state index < -0.39 is 0 Å². The molecule has 11 heteroatoms. The maximum absolute atomic E-state index is 13.0. The van der Waals surface area contributed by atoms with Crippen molar-refractivity contribution < 1.29 is 14.3 Å². The van der Waals surface area contributed by atoms with E-state index in [1.165, 1.54) is 0 Å². The number of carbonyl (C=O) groups is 2. The molecule has 45 heavy (non-hydrogen) atoms. The first kappa shape index (κ1) is 30.5. The highest BCUT2D eigenvalue weighted by Gasteiger charge is 2.25. The van der Waals surface area contributed by atoms with Gasteiger partial charge >= 0.3 is 6.03 Å². The number of hydrogen-bond acceptors (Lipinski definition) is 7. The summed E-state index contributed by atoms with van der Waals surface area (Å²) in [7, 11) is 4.17. The lowest BCUT2D eigenvalue weighted by molar-refractivity contribution is 0.0663. The van der Waals surface area contributed by atoms with Crippen LogP contribution in [0.5, 0.6) is 0 Å². The van der Waals surface area contributed by atoms with Crippen LogP contribution in [0.3, 0.4) is 0 Å². The second-order valence-corrected chi connectivity index (χ2v) is 12.2. The highest BCUT2D eigenvalue weighted by atomic mass is 16.5. The summed E-state index contributed by atoms with van der Waals surface area (Å²) in [5.74, 6) is 1.58. The number of ether oxygens (including phenoxy) is 1. The van der Waals surface area contributed by atoms with Crippen molar-refractivity contribution in [3.8, 4) is 11.4 Å². The molecule has 0 spiro atoms. The van der Waals surface area contributed by atoms with Crippen LogP contribution in [0.15, 0.2) is 60.8 Å². The van der Waals surface area contributed by atoms with E-state index in [0.717, 1.165) is 61.4 Å². The smallest absolute Gasteiger partial charge is 0.323 e. The Bertz CT molecular complexity index is 1630. The number of amides is 3. The van der Waals surface area contributed by atoms with Gasteiger partial charge in [0, 0.05) is 67.0 Å². The molecule has 4 heterocycles. The van der Waals surface area contributed by atoms with Gasteiger partial charge < -0.3 is 34.6 Å². The number of benzene rings is 2. The molecule has 3 amide bonds. The van der Waals surface area contributed by atoms with Crippen molar-refractivity contribution in [3.05, 3.63) is 66.4 Å². The molecule has 236 valence electrons. The maximum atomic E-state index is 13.0. The third-order valence-corrected chi connectivity index (χ3v) is 8.69. The van der Waals surface area contributed by atoms with Crippen LogP contribution in [0.25, 0.3) is 22.4 Å². The lowest BCUT2D eigenvalue weighted by Gasteiger charge is -2.35. The molecule has 2 fully saturated rings. The van der Waals surface area contributed by atoms with Crippen LogP contribution in [0, 0.1) is 0 Å².